The van der Waals surface area contributed by atoms with Gasteiger partial charge >= 0.3 is 11.9 Å². The molecular weight excluding hydrogens is 272 g/mol. The van der Waals surface area contributed by atoms with E-state index >= 15 is 0 Å². The SMILES string of the molecule is O=C1OC(CNCc2cccc3c2OCO3)CC1(F)F. The molecule has 0 amide bonds. The maximum absolute atomic E-state index is 13.0. The second-order valence-electron chi connectivity index (χ2n) is 4.72. The quantitative estimate of drug-likeness (QED) is 0.849. The first kappa shape index (κ1) is 13.1. The van der Waals surface area contributed by atoms with E-state index in [2.05, 4.69) is 10.1 Å². The van der Waals surface area contributed by atoms with E-state index in [9.17, 15) is 13.6 Å². The fourth-order valence-corrected chi connectivity index (χ4v) is 2.26. The van der Waals surface area contributed by atoms with E-state index in [0.29, 0.717) is 18.0 Å². The van der Waals surface area contributed by atoms with Crippen molar-refractivity contribution in [1.82, 2.24) is 5.32 Å². The number of benzene rings is 1. The van der Waals surface area contributed by atoms with Gasteiger partial charge in [0.2, 0.25) is 6.79 Å². The zero-order chi connectivity index (χ0) is 14.2. The minimum atomic E-state index is -3.36. The van der Waals surface area contributed by atoms with Gasteiger partial charge in [0.15, 0.2) is 11.5 Å². The minimum absolute atomic E-state index is 0.172. The largest absolute Gasteiger partial charge is 0.456 e. The average Bonchev–Trinajstić information content (AvgIpc) is 2.95. The van der Waals surface area contributed by atoms with Gasteiger partial charge in [0.1, 0.15) is 6.10 Å². The van der Waals surface area contributed by atoms with Crippen molar-refractivity contribution in [3.05, 3.63) is 23.8 Å². The van der Waals surface area contributed by atoms with Gasteiger partial charge in [0, 0.05) is 18.7 Å². The third-order valence-corrected chi connectivity index (χ3v) is 3.22. The summed E-state index contributed by atoms with van der Waals surface area (Å²) in [6.45, 7) is 0.775. The molecule has 1 atom stereocenters. The van der Waals surface area contributed by atoms with Gasteiger partial charge in [0.25, 0.3) is 0 Å². The monoisotopic (exact) mass is 285 g/mol. The summed E-state index contributed by atoms with van der Waals surface area (Å²) in [7, 11) is 0. The number of ether oxygens (including phenoxy) is 3. The van der Waals surface area contributed by atoms with E-state index in [0.717, 1.165) is 5.56 Å². The minimum Gasteiger partial charge on any atom is -0.456 e. The molecule has 2 heterocycles. The summed E-state index contributed by atoms with van der Waals surface area (Å²) >= 11 is 0. The highest BCUT2D eigenvalue weighted by Gasteiger charge is 2.50. The number of hydrogen-bond donors (Lipinski definition) is 1. The Morgan fingerprint density at radius 1 is 1.35 bits per heavy atom. The Hall–Kier alpha value is -1.89. The van der Waals surface area contributed by atoms with Crippen LogP contribution in [-0.2, 0) is 16.1 Å². The molecule has 0 aromatic heterocycles. The normalized spacial score (nSPS) is 22.9. The van der Waals surface area contributed by atoms with E-state index in [1.54, 1.807) is 6.07 Å². The Morgan fingerprint density at radius 2 is 2.20 bits per heavy atom. The first-order valence-corrected chi connectivity index (χ1v) is 6.23. The lowest BCUT2D eigenvalue weighted by Crippen LogP contribution is -2.26. The van der Waals surface area contributed by atoms with Crippen LogP contribution in [0.4, 0.5) is 8.78 Å². The summed E-state index contributed by atoms with van der Waals surface area (Å²) in [5.41, 5.74) is 0.871. The standard InChI is InChI=1S/C13H13F2NO4/c14-13(15)4-9(20-12(13)17)6-16-5-8-2-1-3-10-11(8)19-7-18-10/h1-3,9,16H,4-7H2. The average molecular weight is 285 g/mol. The number of para-hydroxylation sites is 1. The molecule has 0 bridgehead atoms. The number of fused-ring (bicyclic) bond motifs is 1. The van der Waals surface area contributed by atoms with Crippen molar-refractivity contribution in [1.29, 1.82) is 0 Å². The molecule has 0 aliphatic carbocycles. The van der Waals surface area contributed by atoms with Crippen molar-refractivity contribution < 1.29 is 27.8 Å². The van der Waals surface area contributed by atoms with Crippen LogP contribution in [0.25, 0.3) is 0 Å². The molecule has 1 fully saturated rings. The van der Waals surface area contributed by atoms with Crippen LogP contribution < -0.4 is 14.8 Å². The molecule has 0 radical (unpaired) electrons. The van der Waals surface area contributed by atoms with Gasteiger partial charge in [-0.3, -0.25) is 0 Å². The second kappa shape index (κ2) is 4.90. The number of halogens is 2. The van der Waals surface area contributed by atoms with Crippen molar-refractivity contribution in [3.8, 4) is 11.5 Å². The molecular formula is C13H13F2NO4. The number of carbonyl (C=O) groups excluding carboxylic acids is 1. The van der Waals surface area contributed by atoms with Crippen molar-refractivity contribution in [2.45, 2.75) is 25.0 Å². The Balaban J connectivity index is 1.54. The van der Waals surface area contributed by atoms with Crippen molar-refractivity contribution >= 4 is 5.97 Å². The molecule has 1 N–H and O–H groups in total. The molecule has 3 rings (SSSR count). The highest BCUT2D eigenvalue weighted by Crippen LogP contribution is 2.35. The van der Waals surface area contributed by atoms with Crippen LogP contribution in [0.2, 0.25) is 0 Å². The number of carbonyl (C=O) groups is 1. The lowest BCUT2D eigenvalue weighted by molar-refractivity contribution is -0.159. The Kier molecular flexibility index (Phi) is 3.21. The van der Waals surface area contributed by atoms with Crippen LogP contribution in [0, 0.1) is 0 Å². The number of alkyl halides is 2. The predicted octanol–water partition coefficient (Wildman–Crippen LogP) is 1.46. The molecule has 108 valence electrons. The van der Waals surface area contributed by atoms with Crippen LogP contribution in [0.3, 0.4) is 0 Å². The Bertz CT molecular complexity index is 535. The van der Waals surface area contributed by atoms with Gasteiger partial charge in [0.05, 0.1) is 6.42 Å². The number of nitrogens with one attached hydrogen (secondary N) is 1. The summed E-state index contributed by atoms with van der Waals surface area (Å²) < 4.78 is 41.1. The molecule has 2 aliphatic heterocycles. The predicted molar refractivity (Wildman–Crippen MR) is 63.7 cm³/mol. The van der Waals surface area contributed by atoms with Gasteiger partial charge < -0.3 is 19.5 Å². The van der Waals surface area contributed by atoms with Gasteiger partial charge in [-0.05, 0) is 6.07 Å². The first-order chi connectivity index (χ1) is 9.56. The molecule has 1 unspecified atom stereocenters. The van der Waals surface area contributed by atoms with Crippen molar-refractivity contribution in [2.24, 2.45) is 0 Å². The zero-order valence-electron chi connectivity index (χ0n) is 10.5. The molecule has 1 saturated heterocycles. The maximum atomic E-state index is 13.0. The van der Waals surface area contributed by atoms with Crippen LogP contribution in [0.5, 0.6) is 11.5 Å². The fraction of sp³-hybridized carbons (Fsp3) is 0.462. The first-order valence-electron chi connectivity index (χ1n) is 6.23. The molecule has 0 saturated carbocycles. The second-order valence-corrected chi connectivity index (χ2v) is 4.72. The lowest BCUT2D eigenvalue weighted by atomic mass is 10.1. The Labute approximate surface area is 113 Å². The van der Waals surface area contributed by atoms with Gasteiger partial charge in [-0.15, -0.1) is 0 Å². The van der Waals surface area contributed by atoms with E-state index in [1.165, 1.54) is 0 Å². The van der Waals surface area contributed by atoms with Gasteiger partial charge in [-0.2, -0.15) is 8.78 Å². The summed E-state index contributed by atoms with van der Waals surface area (Å²) in [6.07, 6.45) is -1.38. The van der Waals surface area contributed by atoms with E-state index in [-0.39, 0.29) is 13.3 Å². The summed E-state index contributed by atoms with van der Waals surface area (Å²) in [6, 6.07) is 5.48. The summed E-state index contributed by atoms with van der Waals surface area (Å²) in [5.74, 6) is -3.48. The number of esters is 1. The van der Waals surface area contributed by atoms with E-state index in [1.807, 2.05) is 12.1 Å². The Morgan fingerprint density at radius 3 is 2.95 bits per heavy atom. The third kappa shape index (κ3) is 2.40. The zero-order valence-corrected chi connectivity index (χ0v) is 10.5. The molecule has 7 heteroatoms. The topological polar surface area (TPSA) is 56.8 Å². The van der Waals surface area contributed by atoms with E-state index in [4.69, 9.17) is 9.47 Å². The summed E-state index contributed by atoms with van der Waals surface area (Å²) in [5, 5.41) is 2.99. The fourth-order valence-electron chi connectivity index (χ4n) is 2.26. The summed E-state index contributed by atoms with van der Waals surface area (Å²) in [4.78, 5) is 10.9. The van der Waals surface area contributed by atoms with Crippen LogP contribution in [0.15, 0.2) is 18.2 Å². The van der Waals surface area contributed by atoms with Gasteiger partial charge in [-0.1, -0.05) is 12.1 Å². The molecule has 1 aromatic carbocycles. The van der Waals surface area contributed by atoms with Crippen LogP contribution in [0.1, 0.15) is 12.0 Å². The highest BCUT2D eigenvalue weighted by atomic mass is 19.3. The molecule has 1 aromatic rings. The number of hydrogen-bond acceptors (Lipinski definition) is 5. The smallest absolute Gasteiger partial charge is 0.377 e. The van der Waals surface area contributed by atoms with Gasteiger partial charge in [-0.25, -0.2) is 4.79 Å². The molecule has 0 spiro atoms. The van der Waals surface area contributed by atoms with E-state index < -0.39 is 24.4 Å². The van der Waals surface area contributed by atoms with Crippen LogP contribution >= 0.6 is 0 Å². The van der Waals surface area contributed by atoms with Crippen molar-refractivity contribution in [3.63, 3.8) is 0 Å². The maximum Gasteiger partial charge on any atom is 0.377 e. The molecule has 20 heavy (non-hydrogen) atoms. The number of cyclic esters (lactones) is 1. The third-order valence-electron chi connectivity index (χ3n) is 3.22. The van der Waals surface area contributed by atoms with Crippen molar-refractivity contribution in [2.75, 3.05) is 13.3 Å². The molecule has 5 nitrogen and oxygen atoms in total. The number of rotatable bonds is 4. The lowest BCUT2D eigenvalue weighted by Gasteiger charge is -2.11. The van der Waals surface area contributed by atoms with Crippen LogP contribution in [-0.4, -0.2) is 31.3 Å². The highest BCUT2D eigenvalue weighted by molar-refractivity contribution is 5.79. The molecule has 2 aliphatic rings.